The number of rotatable bonds is 2. The van der Waals surface area contributed by atoms with E-state index in [1.165, 1.54) is 0 Å². The first kappa shape index (κ1) is 10.9. The van der Waals surface area contributed by atoms with Crippen LogP contribution < -0.4 is 0 Å². The van der Waals surface area contributed by atoms with Gasteiger partial charge in [0.05, 0.1) is 20.0 Å². The van der Waals surface area contributed by atoms with Crippen LogP contribution in [0.3, 0.4) is 0 Å². The van der Waals surface area contributed by atoms with E-state index in [0.717, 1.165) is 14.0 Å². The molecule has 0 spiro atoms. The van der Waals surface area contributed by atoms with Gasteiger partial charge in [-0.2, -0.15) is 0 Å². The fraction of sp³-hybridized carbons (Fsp3) is 0.750. The largest absolute Gasteiger partial charge is 0.466 e. The number of ether oxygens (including phenoxy) is 2. The monoisotopic (exact) mass is 208 g/mol. The molecule has 1 rings (SSSR count). The van der Waals surface area contributed by atoms with E-state index in [9.17, 15) is 18.4 Å². The fourth-order valence-corrected chi connectivity index (χ4v) is 1.50. The maximum absolute atomic E-state index is 12.6. The molecule has 0 aromatic rings. The Balaban J connectivity index is 2.74. The lowest BCUT2D eigenvalue weighted by atomic mass is 9.76. The first-order valence-corrected chi connectivity index (χ1v) is 3.97. The van der Waals surface area contributed by atoms with Crippen LogP contribution in [0.25, 0.3) is 0 Å². The number of esters is 2. The molecule has 6 heteroatoms. The van der Waals surface area contributed by atoms with Crippen molar-refractivity contribution in [2.24, 2.45) is 0 Å². The van der Waals surface area contributed by atoms with Crippen LogP contribution in [0, 0.1) is 0 Å². The highest BCUT2D eigenvalue weighted by Crippen LogP contribution is 2.48. The van der Waals surface area contributed by atoms with E-state index in [1.807, 2.05) is 0 Å². The van der Waals surface area contributed by atoms with Crippen LogP contribution in [-0.4, -0.2) is 30.6 Å². The van der Waals surface area contributed by atoms with Gasteiger partial charge in [-0.15, -0.1) is 0 Å². The lowest BCUT2D eigenvalue weighted by Crippen LogP contribution is -2.59. The molecule has 0 amide bonds. The standard InChI is InChI=1S/C8H10F2O4/c1-5(11)14-7(6(12)13-2)3-8(9,10)4-7/h3-4H2,1-2H3. The van der Waals surface area contributed by atoms with Gasteiger partial charge in [-0.25, -0.2) is 13.6 Å². The molecule has 0 aliphatic heterocycles. The summed E-state index contributed by atoms with van der Waals surface area (Å²) in [6, 6.07) is 0. The Bertz CT molecular complexity index is 267. The van der Waals surface area contributed by atoms with Crippen LogP contribution in [0.2, 0.25) is 0 Å². The number of carbonyl (C=O) groups is 2. The lowest BCUT2D eigenvalue weighted by molar-refractivity contribution is -0.234. The molecule has 1 aliphatic rings. The Morgan fingerprint density at radius 3 is 2.07 bits per heavy atom. The van der Waals surface area contributed by atoms with E-state index in [0.29, 0.717) is 0 Å². The fourth-order valence-electron chi connectivity index (χ4n) is 1.50. The van der Waals surface area contributed by atoms with Crippen LogP contribution in [0.1, 0.15) is 19.8 Å². The molecule has 0 N–H and O–H groups in total. The predicted molar refractivity (Wildman–Crippen MR) is 40.7 cm³/mol. The Labute approximate surface area is 79.2 Å². The molecule has 0 bridgehead atoms. The van der Waals surface area contributed by atoms with Crippen LogP contribution in [0.4, 0.5) is 8.78 Å². The van der Waals surface area contributed by atoms with Crippen LogP contribution in [-0.2, 0) is 19.1 Å². The highest BCUT2D eigenvalue weighted by atomic mass is 19.3. The number of hydrogen-bond acceptors (Lipinski definition) is 4. The van der Waals surface area contributed by atoms with Crippen LogP contribution in [0.15, 0.2) is 0 Å². The Hall–Kier alpha value is -1.20. The SMILES string of the molecule is COC(=O)C1(OC(C)=O)CC(F)(F)C1. The number of alkyl halides is 2. The Morgan fingerprint density at radius 2 is 1.79 bits per heavy atom. The maximum atomic E-state index is 12.6. The minimum atomic E-state index is -2.95. The van der Waals surface area contributed by atoms with Crippen molar-refractivity contribution in [3.8, 4) is 0 Å². The highest BCUT2D eigenvalue weighted by Gasteiger charge is 2.64. The average Bonchev–Trinajstić information content (AvgIpc) is 1.97. The molecule has 4 nitrogen and oxygen atoms in total. The topological polar surface area (TPSA) is 52.6 Å². The number of carbonyl (C=O) groups excluding carboxylic acids is 2. The Morgan fingerprint density at radius 1 is 1.29 bits per heavy atom. The predicted octanol–water partition coefficient (Wildman–Crippen LogP) is 0.890. The van der Waals surface area contributed by atoms with Crippen molar-refractivity contribution in [2.45, 2.75) is 31.3 Å². The summed E-state index contributed by atoms with van der Waals surface area (Å²) in [5, 5.41) is 0. The smallest absolute Gasteiger partial charge is 0.350 e. The van der Waals surface area contributed by atoms with E-state index in [4.69, 9.17) is 0 Å². The van der Waals surface area contributed by atoms with Gasteiger partial charge in [0.15, 0.2) is 0 Å². The summed E-state index contributed by atoms with van der Waals surface area (Å²) in [7, 11) is 1.06. The number of halogens is 2. The van der Waals surface area contributed by atoms with E-state index in [-0.39, 0.29) is 0 Å². The minimum Gasteiger partial charge on any atom is -0.466 e. The van der Waals surface area contributed by atoms with E-state index >= 15 is 0 Å². The third-order valence-corrected chi connectivity index (χ3v) is 1.98. The third kappa shape index (κ3) is 1.83. The zero-order valence-electron chi connectivity index (χ0n) is 7.80. The van der Waals surface area contributed by atoms with Crippen molar-refractivity contribution in [2.75, 3.05) is 7.11 Å². The van der Waals surface area contributed by atoms with Gasteiger partial charge in [0.1, 0.15) is 0 Å². The Kier molecular flexibility index (Phi) is 2.47. The molecule has 1 saturated carbocycles. The number of hydrogen-bond donors (Lipinski definition) is 0. The normalized spacial score (nSPS) is 22.0. The summed E-state index contributed by atoms with van der Waals surface area (Å²) >= 11 is 0. The minimum absolute atomic E-state index is 0.772. The molecule has 0 aromatic carbocycles. The van der Waals surface area contributed by atoms with Gasteiger partial charge in [-0.1, -0.05) is 0 Å². The molecule has 0 unspecified atom stereocenters. The average molecular weight is 208 g/mol. The molecule has 0 radical (unpaired) electrons. The van der Waals surface area contributed by atoms with Crippen molar-refractivity contribution in [3.05, 3.63) is 0 Å². The molecule has 0 heterocycles. The van der Waals surface area contributed by atoms with Gasteiger partial charge >= 0.3 is 11.9 Å². The van der Waals surface area contributed by atoms with Gasteiger partial charge in [-0.3, -0.25) is 4.79 Å². The molecule has 80 valence electrons. The van der Waals surface area contributed by atoms with Crippen molar-refractivity contribution in [1.29, 1.82) is 0 Å². The summed E-state index contributed by atoms with van der Waals surface area (Å²) in [6.45, 7) is 1.06. The summed E-state index contributed by atoms with van der Waals surface area (Å²) in [6.07, 6.45) is -1.60. The molecule has 0 atom stereocenters. The van der Waals surface area contributed by atoms with Gasteiger partial charge in [0.2, 0.25) is 5.60 Å². The summed E-state index contributed by atoms with van der Waals surface area (Å²) in [4.78, 5) is 21.7. The quantitative estimate of drug-likeness (QED) is 0.632. The molecular weight excluding hydrogens is 198 g/mol. The summed E-state index contributed by atoms with van der Waals surface area (Å²) < 4.78 is 34.0. The van der Waals surface area contributed by atoms with Crippen LogP contribution in [0.5, 0.6) is 0 Å². The van der Waals surface area contributed by atoms with Crippen LogP contribution >= 0.6 is 0 Å². The zero-order valence-corrected chi connectivity index (χ0v) is 7.80. The summed E-state index contributed by atoms with van der Waals surface area (Å²) in [5.74, 6) is -4.66. The third-order valence-electron chi connectivity index (χ3n) is 1.98. The van der Waals surface area contributed by atoms with Gasteiger partial charge in [0.25, 0.3) is 5.92 Å². The first-order valence-electron chi connectivity index (χ1n) is 3.97. The van der Waals surface area contributed by atoms with Crippen molar-refractivity contribution >= 4 is 11.9 Å². The second kappa shape index (κ2) is 3.18. The van der Waals surface area contributed by atoms with Crippen molar-refractivity contribution in [3.63, 3.8) is 0 Å². The molecule has 1 fully saturated rings. The first-order chi connectivity index (χ1) is 6.31. The second-order valence-electron chi connectivity index (χ2n) is 3.29. The van der Waals surface area contributed by atoms with Crippen molar-refractivity contribution in [1.82, 2.24) is 0 Å². The van der Waals surface area contributed by atoms with Gasteiger partial charge in [-0.05, 0) is 0 Å². The molecule has 14 heavy (non-hydrogen) atoms. The molecule has 1 aliphatic carbocycles. The van der Waals surface area contributed by atoms with Gasteiger partial charge in [0, 0.05) is 6.92 Å². The summed E-state index contributed by atoms with van der Waals surface area (Å²) in [5.41, 5.74) is -1.77. The van der Waals surface area contributed by atoms with E-state index < -0.39 is 36.3 Å². The number of methoxy groups -OCH3 is 1. The van der Waals surface area contributed by atoms with E-state index in [1.54, 1.807) is 0 Å². The second-order valence-corrected chi connectivity index (χ2v) is 3.29. The zero-order chi connectivity index (χ0) is 11.0. The molecular formula is C8H10F2O4. The van der Waals surface area contributed by atoms with Gasteiger partial charge < -0.3 is 9.47 Å². The molecule has 0 saturated heterocycles. The highest BCUT2D eigenvalue weighted by molar-refractivity contribution is 5.84. The maximum Gasteiger partial charge on any atom is 0.350 e. The van der Waals surface area contributed by atoms with E-state index in [2.05, 4.69) is 9.47 Å². The lowest BCUT2D eigenvalue weighted by Gasteiger charge is -2.43. The molecule has 0 aromatic heterocycles. The van der Waals surface area contributed by atoms with Crippen molar-refractivity contribution < 1.29 is 27.8 Å².